The predicted octanol–water partition coefficient (Wildman–Crippen LogP) is 2.31. The zero-order valence-electron chi connectivity index (χ0n) is 10.5. The second kappa shape index (κ2) is 6.16. The van der Waals surface area contributed by atoms with Crippen molar-refractivity contribution < 1.29 is 4.79 Å². The average Bonchev–Trinajstić information content (AvgIpc) is 2.31. The van der Waals surface area contributed by atoms with Gasteiger partial charge in [-0.2, -0.15) is 0 Å². The highest BCUT2D eigenvalue weighted by atomic mass is 35.5. The lowest BCUT2D eigenvalue weighted by Gasteiger charge is -2.21. The van der Waals surface area contributed by atoms with Gasteiger partial charge >= 0.3 is 0 Å². The number of thiocarbonyl (C=S) groups is 1. The molecule has 0 aliphatic rings. The molecule has 0 atom stereocenters. The first-order valence-electron chi connectivity index (χ1n) is 5.66. The van der Waals surface area contributed by atoms with E-state index in [0.717, 1.165) is 12.0 Å². The van der Waals surface area contributed by atoms with Crippen molar-refractivity contribution in [3.8, 4) is 0 Å². The number of nitrogens with two attached hydrogens (primary N) is 1. The Kier molecular flexibility index (Phi) is 5.11. The van der Waals surface area contributed by atoms with Crippen LogP contribution >= 0.6 is 23.8 Å². The smallest absolute Gasteiger partial charge is 0.232 e. The van der Waals surface area contributed by atoms with Gasteiger partial charge in [0.25, 0.3) is 0 Å². The Bertz CT molecular complexity index is 443. The molecule has 0 saturated carbocycles. The summed E-state index contributed by atoms with van der Waals surface area (Å²) in [6.45, 7) is 3.98. The SMILES string of the molecule is CC(C)(C(=O)NCCc1ccc(Cl)cc1)C(N)=S. The van der Waals surface area contributed by atoms with Gasteiger partial charge < -0.3 is 11.1 Å². The summed E-state index contributed by atoms with van der Waals surface area (Å²) in [5.41, 5.74) is 5.83. The highest BCUT2D eigenvalue weighted by Gasteiger charge is 2.30. The topological polar surface area (TPSA) is 55.1 Å². The van der Waals surface area contributed by atoms with Crippen molar-refractivity contribution in [3.05, 3.63) is 34.9 Å². The summed E-state index contributed by atoms with van der Waals surface area (Å²) in [6.07, 6.45) is 0.746. The van der Waals surface area contributed by atoms with Crippen molar-refractivity contribution in [1.82, 2.24) is 5.32 Å². The number of halogens is 1. The molecule has 0 heterocycles. The largest absolute Gasteiger partial charge is 0.392 e. The number of hydrogen-bond donors (Lipinski definition) is 2. The van der Waals surface area contributed by atoms with Gasteiger partial charge in [0.1, 0.15) is 0 Å². The molecule has 0 spiro atoms. The van der Waals surface area contributed by atoms with Crippen LogP contribution in [0, 0.1) is 5.41 Å². The van der Waals surface area contributed by atoms with Crippen LogP contribution in [-0.2, 0) is 11.2 Å². The first-order valence-corrected chi connectivity index (χ1v) is 6.45. The van der Waals surface area contributed by atoms with E-state index < -0.39 is 5.41 Å². The average molecular weight is 285 g/mol. The monoisotopic (exact) mass is 284 g/mol. The summed E-state index contributed by atoms with van der Waals surface area (Å²) in [7, 11) is 0. The summed E-state index contributed by atoms with van der Waals surface area (Å²) in [4.78, 5) is 12.1. The van der Waals surface area contributed by atoms with Crippen LogP contribution in [0.1, 0.15) is 19.4 Å². The van der Waals surface area contributed by atoms with Gasteiger partial charge in [-0.05, 0) is 38.0 Å². The van der Waals surface area contributed by atoms with Gasteiger partial charge in [0.15, 0.2) is 0 Å². The number of hydrogen-bond acceptors (Lipinski definition) is 2. The van der Waals surface area contributed by atoms with Gasteiger partial charge in [-0.25, -0.2) is 0 Å². The van der Waals surface area contributed by atoms with Crippen molar-refractivity contribution in [1.29, 1.82) is 0 Å². The number of carbonyl (C=O) groups excluding carboxylic acids is 1. The molecule has 1 aromatic carbocycles. The number of rotatable bonds is 5. The molecule has 3 N–H and O–H groups in total. The number of amides is 1. The lowest BCUT2D eigenvalue weighted by Crippen LogP contribution is -2.45. The van der Waals surface area contributed by atoms with Crippen LogP contribution in [0.4, 0.5) is 0 Å². The molecule has 0 radical (unpaired) electrons. The number of nitrogens with one attached hydrogen (secondary N) is 1. The maximum atomic E-state index is 11.9. The Hall–Kier alpha value is -1.13. The lowest BCUT2D eigenvalue weighted by atomic mass is 9.92. The molecular weight excluding hydrogens is 268 g/mol. The maximum absolute atomic E-state index is 11.9. The van der Waals surface area contributed by atoms with E-state index >= 15 is 0 Å². The van der Waals surface area contributed by atoms with Gasteiger partial charge in [-0.1, -0.05) is 36.0 Å². The van der Waals surface area contributed by atoms with Crippen LogP contribution < -0.4 is 11.1 Å². The first-order chi connectivity index (χ1) is 8.34. The van der Waals surface area contributed by atoms with Crippen molar-refractivity contribution in [2.75, 3.05) is 6.54 Å². The Morgan fingerprint density at radius 3 is 2.44 bits per heavy atom. The van der Waals surface area contributed by atoms with E-state index in [0.29, 0.717) is 11.6 Å². The van der Waals surface area contributed by atoms with Crippen LogP contribution in [0.25, 0.3) is 0 Å². The van der Waals surface area contributed by atoms with Gasteiger partial charge in [0.05, 0.1) is 10.4 Å². The fourth-order valence-corrected chi connectivity index (χ4v) is 1.52. The minimum Gasteiger partial charge on any atom is -0.392 e. The molecule has 1 rings (SSSR count). The van der Waals surface area contributed by atoms with Crippen LogP contribution in [-0.4, -0.2) is 17.4 Å². The third-order valence-corrected chi connectivity index (χ3v) is 3.56. The summed E-state index contributed by atoms with van der Waals surface area (Å²) >= 11 is 10.7. The summed E-state index contributed by atoms with van der Waals surface area (Å²) in [6, 6.07) is 7.54. The molecule has 0 bridgehead atoms. The quantitative estimate of drug-likeness (QED) is 0.816. The van der Waals surface area contributed by atoms with Crippen molar-refractivity contribution >= 4 is 34.7 Å². The molecule has 0 unspecified atom stereocenters. The minimum atomic E-state index is -0.810. The van der Waals surface area contributed by atoms with Gasteiger partial charge in [-0.15, -0.1) is 0 Å². The Labute approximate surface area is 118 Å². The zero-order chi connectivity index (χ0) is 13.8. The second-order valence-corrected chi connectivity index (χ2v) is 5.50. The van der Waals surface area contributed by atoms with Gasteiger partial charge in [-0.3, -0.25) is 4.79 Å². The van der Waals surface area contributed by atoms with Crippen molar-refractivity contribution in [3.63, 3.8) is 0 Å². The molecule has 0 aliphatic heterocycles. The summed E-state index contributed by atoms with van der Waals surface area (Å²) in [5, 5.41) is 3.53. The predicted molar refractivity (Wildman–Crippen MR) is 78.7 cm³/mol. The minimum absolute atomic E-state index is 0.149. The molecule has 0 saturated heterocycles. The van der Waals surface area contributed by atoms with E-state index in [1.165, 1.54) is 0 Å². The molecule has 98 valence electrons. The molecule has 18 heavy (non-hydrogen) atoms. The normalized spacial score (nSPS) is 11.1. The summed E-state index contributed by atoms with van der Waals surface area (Å²) < 4.78 is 0. The van der Waals surface area contributed by atoms with E-state index in [2.05, 4.69) is 5.32 Å². The van der Waals surface area contributed by atoms with Crippen molar-refractivity contribution in [2.24, 2.45) is 11.1 Å². The fraction of sp³-hybridized carbons (Fsp3) is 0.385. The summed E-state index contributed by atoms with van der Waals surface area (Å²) in [5.74, 6) is -0.149. The maximum Gasteiger partial charge on any atom is 0.232 e. The molecule has 0 fully saturated rings. The lowest BCUT2D eigenvalue weighted by molar-refractivity contribution is -0.126. The number of benzene rings is 1. The van der Waals surface area contributed by atoms with Gasteiger partial charge in [0, 0.05) is 11.6 Å². The van der Waals surface area contributed by atoms with E-state index in [-0.39, 0.29) is 10.9 Å². The zero-order valence-corrected chi connectivity index (χ0v) is 12.1. The Morgan fingerprint density at radius 2 is 1.94 bits per heavy atom. The van der Waals surface area contributed by atoms with Crippen LogP contribution in [0.3, 0.4) is 0 Å². The van der Waals surface area contributed by atoms with Crippen LogP contribution in [0.2, 0.25) is 5.02 Å². The molecule has 5 heteroatoms. The van der Waals surface area contributed by atoms with E-state index in [9.17, 15) is 4.79 Å². The molecular formula is C13H17ClN2OS. The number of carbonyl (C=O) groups is 1. The van der Waals surface area contributed by atoms with Crippen molar-refractivity contribution in [2.45, 2.75) is 20.3 Å². The standard InChI is InChI=1S/C13H17ClN2OS/c1-13(2,11(15)18)12(17)16-8-7-9-3-5-10(14)6-4-9/h3-6H,7-8H2,1-2H3,(H2,15,18)(H,16,17). The highest BCUT2D eigenvalue weighted by Crippen LogP contribution is 2.15. The molecule has 1 aromatic rings. The van der Waals surface area contributed by atoms with Crippen LogP contribution in [0.5, 0.6) is 0 Å². The van der Waals surface area contributed by atoms with E-state index in [1.807, 2.05) is 24.3 Å². The van der Waals surface area contributed by atoms with Crippen LogP contribution in [0.15, 0.2) is 24.3 Å². The Morgan fingerprint density at radius 1 is 1.39 bits per heavy atom. The molecule has 1 amide bonds. The molecule has 0 aliphatic carbocycles. The highest BCUT2D eigenvalue weighted by molar-refractivity contribution is 7.80. The van der Waals surface area contributed by atoms with E-state index in [1.54, 1.807) is 13.8 Å². The first kappa shape index (κ1) is 14.9. The second-order valence-electron chi connectivity index (χ2n) is 4.62. The third kappa shape index (κ3) is 3.96. The van der Waals surface area contributed by atoms with Gasteiger partial charge in [0.2, 0.25) is 5.91 Å². The molecule has 3 nitrogen and oxygen atoms in total. The fourth-order valence-electron chi connectivity index (χ4n) is 1.30. The Balaban J connectivity index is 2.45. The van der Waals surface area contributed by atoms with E-state index in [4.69, 9.17) is 29.6 Å². The molecule has 0 aromatic heterocycles. The third-order valence-electron chi connectivity index (χ3n) is 2.80.